The van der Waals surface area contributed by atoms with Crippen LogP contribution in [-0.4, -0.2) is 29.0 Å². The number of hydrogen-bond donors (Lipinski definition) is 2. The van der Waals surface area contributed by atoms with Crippen molar-refractivity contribution in [2.45, 2.75) is 13.5 Å². The van der Waals surface area contributed by atoms with Gasteiger partial charge < -0.3 is 15.4 Å². The number of aryl methyl sites for hydroxylation is 1. The van der Waals surface area contributed by atoms with E-state index in [0.717, 1.165) is 5.56 Å². The summed E-state index contributed by atoms with van der Waals surface area (Å²) in [6.45, 7) is 2.64. The SMILES string of the molecule is COC(=O)c1cccc(NC(=O)c2cnc(NCc3ccccc3C)nc2)c1. The zero-order valence-corrected chi connectivity index (χ0v) is 15.6. The molecule has 2 aromatic carbocycles. The van der Waals surface area contributed by atoms with Gasteiger partial charge in [0.25, 0.3) is 5.91 Å². The first-order valence-corrected chi connectivity index (χ1v) is 8.67. The number of hydrogen-bond acceptors (Lipinski definition) is 6. The summed E-state index contributed by atoms with van der Waals surface area (Å²) in [5.74, 6) is -0.400. The second kappa shape index (κ2) is 8.77. The zero-order chi connectivity index (χ0) is 19.9. The Kier molecular flexibility index (Phi) is 5.96. The molecule has 28 heavy (non-hydrogen) atoms. The molecule has 0 radical (unpaired) electrons. The Bertz CT molecular complexity index is 987. The predicted octanol–water partition coefficient (Wildman–Crippen LogP) is 3.44. The molecule has 3 rings (SSSR count). The lowest BCUT2D eigenvalue weighted by Crippen LogP contribution is -2.14. The molecule has 3 aromatic rings. The van der Waals surface area contributed by atoms with Crippen molar-refractivity contribution in [2.75, 3.05) is 17.7 Å². The second-order valence-electron chi connectivity index (χ2n) is 6.10. The number of nitrogens with zero attached hydrogens (tertiary/aromatic N) is 2. The van der Waals surface area contributed by atoms with Crippen LogP contribution in [0.15, 0.2) is 60.9 Å². The Labute approximate surface area is 162 Å². The van der Waals surface area contributed by atoms with Crippen molar-refractivity contribution in [3.8, 4) is 0 Å². The van der Waals surface area contributed by atoms with Crippen LogP contribution in [0.5, 0.6) is 0 Å². The number of amides is 1. The molecule has 0 aliphatic heterocycles. The molecule has 7 heteroatoms. The van der Waals surface area contributed by atoms with E-state index in [-0.39, 0.29) is 5.91 Å². The number of rotatable bonds is 6. The average Bonchev–Trinajstić information content (AvgIpc) is 2.73. The molecule has 142 valence electrons. The van der Waals surface area contributed by atoms with Gasteiger partial charge in [-0.3, -0.25) is 4.79 Å². The van der Waals surface area contributed by atoms with Crippen LogP contribution in [0.25, 0.3) is 0 Å². The van der Waals surface area contributed by atoms with E-state index >= 15 is 0 Å². The van der Waals surface area contributed by atoms with Crippen LogP contribution in [0.4, 0.5) is 11.6 Å². The fraction of sp³-hybridized carbons (Fsp3) is 0.143. The highest BCUT2D eigenvalue weighted by atomic mass is 16.5. The molecular formula is C21H20N4O3. The van der Waals surface area contributed by atoms with Gasteiger partial charge in [0.2, 0.25) is 5.95 Å². The van der Waals surface area contributed by atoms with E-state index in [1.807, 2.05) is 31.2 Å². The molecule has 7 nitrogen and oxygen atoms in total. The monoisotopic (exact) mass is 376 g/mol. The number of carbonyl (C=O) groups excluding carboxylic acids is 2. The standard InChI is InChI=1S/C21H20N4O3/c1-14-6-3-4-7-16(14)11-22-21-23-12-17(13-24-21)19(26)25-18-9-5-8-15(10-18)20(27)28-2/h3-10,12-13H,11H2,1-2H3,(H,25,26)(H,22,23,24). The Morgan fingerprint density at radius 2 is 1.75 bits per heavy atom. The summed E-state index contributed by atoms with van der Waals surface area (Å²) in [7, 11) is 1.31. The molecule has 0 saturated heterocycles. The molecule has 0 unspecified atom stereocenters. The number of benzene rings is 2. The van der Waals surface area contributed by atoms with E-state index in [2.05, 4.69) is 25.3 Å². The Morgan fingerprint density at radius 1 is 1.00 bits per heavy atom. The van der Waals surface area contributed by atoms with Crippen LogP contribution in [0.1, 0.15) is 31.8 Å². The summed E-state index contributed by atoms with van der Waals surface area (Å²) in [5.41, 5.74) is 3.48. The van der Waals surface area contributed by atoms with Crippen molar-refractivity contribution < 1.29 is 14.3 Å². The average molecular weight is 376 g/mol. The van der Waals surface area contributed by atoms with Crippen molar-refractivity contribution in [1.29, 1.82) is 0 Å². The number of esters is 1. The fourth-order valence-electron chi connectivity index (χ4n) is 2.56. The van der Waals surface area contributed by atoms with Gasteiger partial charge in [-0.15, -0.1) is 0 Å². The molecular weight excluding hydrogens is 356 g/mol. The van der Waals surface area contributed by atoms with Gasteiger partial charge in [-0.1, -0.05) is 30.3 Å². The molecule has 1 aromatic heterocycles. The van der Waals surface area contributed by atoms with Gasteiger partial charge in [-0.2, -0.15) is 0 Å². The quantitative estimate of drug-likeness (QED) is 0.640. The minimum absolute atomic E-state index is 0.310. The van der Waals surface area contributed by atoms with E-state index in [1.54, 1.807) is 24.3 Å². The lowest BCUT2D eigenvalue weighted by atomic mass is 10.1. The van der Waals surface area contributed by atoms with Crippen molar-refractivity contribution in [3.63, 3.8) is 0 Å². The Hall–Kier alpha value is -3.74. The summed E-state index contributed by atoms with van der Waals surface area (Å²) in [5, 5.41) is 5.85. The number of anilines is 2. The third kappa shape index (κ3) is 4.70. The summed E-state index contributed by atoms with van der Waals surface area (Å²) in [6.07, 6.45) is 2.90. The van der Waals surface area contributed by atoms with Crippen LogP contribution in [0, 0.1) is 6.92 Å². The molecule has 0 saturated carbocycles. The molecule has 0 atom stereocenters. The van der Waals surface area contributed by atoms with Crippen LogP contribution in [0.3, 0.4) is 0 Å². The summed E-state index contributed by atoms with van der Waals surface area (Å²) < 4.78 is 4.68. The van der Waals surface area contributed by atoms with Gasteiger partial charge in [0.1, 0.15) is 0 Å². The third-order valence-electron chi connectivity index (χ3n) is 4.15. The van der Waals surface area contributed by atoms with Crippen LogP contribution in [0.2, 0.25) is 0 Å². The van der Waals surface area contributed by atoms with Crippen LogP contribution < -0.4 is 10.6 Å². The largest absolute Gasteiger partial charge is 0.465 e. The maximum atomic E-state index is 12.4. The number of ether oxygens (including phenoxy) is 1. The summed E-state index contributed by atoms with van der Waals surface area (Å²) >= 11 is 0. The highest BCUT2D eigenvalue weighted by Crippen LogP contribution is 2.14. The highest BCUT2D eigenvalue weighted by molar-refractivity contribution is 6.04. The first-order valence-electron chi connectivity index (χ1n) is 8.67. The van der Waals surface area contributed by atoms with Crippen molar-refractivity contribution in [3.05, 3.63) is 83.2 Å². The van der Waals surface area contributed by atoms with Gasteiger partial charge in [0.05, 0.1) is 18.2 Å². The molecule has 0 aliphatic carbocycles. The maximum absolute atomic E-state index is 12.4. The number of methoxy groups -OCH3 is 1. The minimum atomic E-state index is -0.469. The third-order valence-corrected chi connectivity index (χ3v) is 4.15. The summed E-state index contributed by atoms with van der Waals surface area (Å²) in [6, 6.07) is 14.5. The molecule has 0 bridgehead atoms. The van der Waals surface area contributed by atoms with Crippen molar-refractivity contribution in [2.24, 2.45) is 0 Å². The number of nitrogens with one attached hydrogen (secondary N) is 2. The lowest BCUT2D eigenvalue weighted by molar-refractivity contribution is 0.0600. The van der Waals surface area contributed by atoms with Crippen LogP contribution >= 0.6 is 0 Å². The molecule has 2 N–H and O–H groups in total. The molecule has 1 amide bonds. The maximum Gasteiger partial charge on any atom is 0.337 e. The van der Waals surface area contributed by atoms with Gasteiger partial charge in [0.15, 0.2) is 0 Å². The van der Waals surface area contributed by atoms with E-state index in [1.165, 1.54) is 25.1 Å². The number of aromatic nitrogens is 2. The predicted molar refractivity (Wildman–Crippen MR) is 106 cm³/mol. The van der Waals surface area contributed by atoms with E-state index in [4.69, 9.17) is 0 Å². The first-order chi connectivity index (χ1) is 13.6. The normalized spacial score (nSPS) is 10.2. The summed E-state index contributed by atoms with van der Waals surface area (Å²) in [4.78, 5) is 32.3. The molecule has 0 fully saturated rings. The Balaban J connectivity index is 1.62. The first kappa shape index (κ1) is 19.0. The minimum Gasteiger partial charge on any atom is -0.465 e. The van der Waals surface area contributed by atoms with Gasteiger partial charge >= 0.3 is 5.97 Å². The van der Waals surface area contributed by atoms with Crippen molar-refractivity contribution in [1.82, 2.24) is 9.97 Å². The number of carbonyl (C=O) groups is 2. The smallest absolute Gasteiger partial charge is 0.337 e. The van der Waals surface area contributed by atoms with Crippen molar-refractivity contribution >= 4 is 23.5 Å². The van der Waals surface area contributed by atoms with Gasteiger partial charge in [-0.05, 0) is 36.2 Å². The topological polar surface area (TPSA) is 93.2 Å². The van der Waals surface area contributed by atoms with Crippen LogP contribution in [-0.2, 0) is 11.3 Å². The zero-order valence-electron chi connectivity index (χ0n) is 15.6. The van der Waals surface area contributed by atoms with E-state index in [0.29, 0.717) is 29.3 Å². The second-order valence-corrected chi connectivity index (χ2v) is 6.10. The van der Waals surface area contributed by atoms with Gasteiger partial charge in [0, 0.05) is 24.6 Å². The molecule has 0 aliphatic rings. The molecule has 0 spiro atoms. The van der Waals surface area contributed by atoms with Gasteiger partial charge in [-0.25, -0.2) is 14.8 Å². The molecule has 1 heterocycles. The lowest BCUT2D eigenvalue weighted by Gasteiger charge is -2.09. The van der Waals surface area contributed by atoms with E-state index < -0.39 is 5.97 Å². The fourth-order valence-corrected chi connectivity index (χ4v) is 2.56. The van der Waals surface area contributed by atoms with E-state index in [9.17, 15) is 9.59 Å². The highest BCUT2D eigenvalue weighted by Gasteiger charge is 2.10. The Morgan fingerprint density at radius 3 is 2.46 bits per heavy atom.